The van der Waals surface area contributed by atoms with Crippen LogP contribution in [0.15, 0.2) is 116 Å². The molecule has 6 N–H and O–H groups in total. The standard InChI is InChI=1S/C29H21N5O7S.Na/c30-24-11-5-18-13-22(42(39,40)41)15-26(36)27(18)28(24)34-32-20-8-3-17(4-9-20)16-1-6-19(7-2-16)31-33-21-10-12-25(35)23(14-21)29(37)38;/h1-15,35-36H,30H2,(H,37,38)(H,39,40,41);. The number of fused-ring (bicyclic) bond motifs is 1. The van der Waals surface area contributed by atoms with Crippen molar-refractivity contribution in [3.63, 3.8) is 0 Å². The van der Waals surface area contributed by atoms with E-state index in [-0.39, 0.29) is 63.3 Å². The maximum atomic E-state index is 11.5. The van der Waals surface area contributed by atoms with E-state index in [2.05, 4.69) is 20.5 Å². The number of phenolic OH excluding ortho intramolecular Hbond substituents is 1. The smallest absolute Gasteiger partial charge is 0.339 e. The number of aromatic carboxylic acids is 1. The van der Waals surface area contributed by atoms with Gasteiger partial charge in [0.05, 0.1) is 33.0 Å². The summed E-state index contributed by atoms with van der Waals surface area (Å²) in [6, 6.07) is 23.3. The number of phenols is 2. The fraction of sp³-hybridized carbons (Fsp3) is 0. The molecule has 5 rings (SSSR count). The summed E-state index contributed by atoms with van der Waals surface area (Å²) in [6.07, 6.45) is 0. The van der Waals surface area contributed by atoms with Crippen molar-refractivity contribution in [3.8, 4) is 22.6 Å². The second-order valence-electron chi connectivity index (χ2n) is 9.02. The Labute approximate surface area is 266 Å². The van der Waals surface area contributed by atoms with Crippen LogP contribution < -0.4 is 5.73 Å². The van der Waals surface area contributed by atoms with Gasteiger partial charge in [-0.2, -0.15) is 23.8 Å². The molecule has 0 bridgehead atoms. The molecule has 0 aliphatic heterocycles. The van der Waals surface area contributed by atoms with E-state index >= 15 is 0 Å². The van der Waals surface area contributed by atoms with E-state index in [4.69, 9.17) is 10.8 Å². The Bertz CT molecular complexity index is 2020. The first-order valence-electron chi connectivity index (χ1n) is 12.1. The van der Waals surface area contributed by atoms with Gasteiger partial charge < -0.3 is 21.1 Å². The van der Waals surface area contributed by atoms with E-state index in [1.807, 2.05) is 24.3 Å². The summed E-state index contributed by atoms with van der Waals surface area (Å²) < 4.78 is 32.3. The number of hydrogen-bond donors (Lipinski definition) is 5. The van der Waals surface area contributed by atoms with Gasteiger partial charge >= 0.3 is 5.97 Å². The summed E-state index contributed by atoms with van der Waals surface area (Å²) in [5, 5.41) is 46.2. The molecule has 5 aromatic carbocycles. The first-order chi connectivity index (χ1) is 20.0. The van der Waals surface area contributed by atoms with E-state index in [1.165, 1.54) is 36.4 Å². The molecule has 0 unspecified atom stereocenters. The van der Waals surface area contributed by atoms with Crippen LogP contribution in [0, 0.1) is 0 Å². The monoisotopic (exact) mass is 606 g/mol. The molecule has 12 nitrogen and oxygen atoms in total. The van der Waals surface area contributed by atoms with E-state index < -0.39 is 26.7 Å². The fourth-order valence-corrected chi connectivity index (χ4v) is 4.63. The summed E-state index contributed by atoms with van der Waals surface area (Å²) in [7, 11) is -4.53. The number of rotatable bonds is 7. The Balaban J connectivity index is 0.00000423. The van der Waals surface area contributed by atoms with E-state index in [0.29, 0.717) is 16.8 Å². The van der Waals surface area contributed by atoms with Crippen LogP contribution in [0.3, 0.4) is 0 Å². The second-order valence-corrected chi connectivity index (χ2v) is 10.4. The maximum absolute atomic E-state index is 11.5. The Kier molecular flexibility index (Phi) is 9.23. The third-order valence-corrected chi connectivity index (χ3v) is 7.03. The first kappa shape index (κ1) is 31.3. The average Bonchev–Trinajstić information content (AvgIpc) is 2.96. The van der Waals surface area contributed by atoms with Crippen LogP contribution in [0.1, 0.15) is 10.4 Å². The molecule has 0 amide bonds. The molecule has 0 saturated carbocycles. The minimum Gasteiger partial charge on any atom is -0.507 e. The number of nitrogens with zero attached hydrogens (tertiary/aromatic N) is 4. The number of anilines is 1. The van der Waals surface area contributed by atoms with E-state index in [0.717, 1.165) is 17.2 Å². The molecule has 43 heavy (non-hydrogen) atoms. The Hall–Kier alpha value is -4.66. The van der Waals surface area contributed by atoms with Gasteiger partial charge in [-0.1, -0.05) is 30.3 Å². The second kappa shape index (κ2) is 12.7. The van der Waals surface area contributed by atoms with Gasteiger partial charge in [-0.05, 0) is 71.1 Å². The number of nitrogens with two attached hydrogens (primary N) is 1. The van der Waals surface area contributed by atoms with Gasteiger partial charge in [0.25, 0.3) is 10.1 Å². The normalized spacial score (nSPS) is 11.7. The van der Waals surface area contributed by atoms with Crippen molar-refractivity contribution in [3.05, 3.63) is 96.6 Å². The van der Waals surface area contributed by atoms with Crippen LogP contribution in [0.4, 0.5) is 28.4 Å². The molecule has 1 radical (unpaired) electrons. The van der Waals surface area contributed by atoms with Crippen molar-refractivity contribution in [2.75, 3.05) is 5.73 Å². The zero-order valence-corrected chi connectivity index (χ0v) is 25.3. The molecule has 0 atom stereocenters. The van der Waals surface area contributed by atoms with Gasteiger partial charge in [-0.15, -0.1) is 5.11 Å². The van der Waals surface area contributed by atoms with Gasteiger partial charge in [-0.3, -0.25) is 4.55 Å². The molecule has 0 fully saturated rings. The number of carbonyl (C=O) groups is 1. The fourth-order valence-electron chi connectivity index (χ4n) is 4.09. The summed E-state index contributed by atoms with van der Waals surface area (Å²) in [4.78, 5) is 10.7. The molecule has 0 heterocycles. The quantitative estimate of drug-likeness (QED) is 0.0568. The number of carboxylic acid groups (broad SMARTS) is 1. The molecule has 14 heteroatoms. The SMILES string of the molecule is Nc1ccc2cc(S(=O)(=O)O)cc(O)c2c1N=Nc1ccc(-c2ccc(N=Nc3ccc(O)c(C(=O)O)c3)cc2)cc1.[Na]. The molecule has 5 aromatic rings. The number of hydrogen-bond acceptors (Lipinski definition) is 10. The molecule has 0 spiro atoms. The maximum Gasteiger partial charge on any atom is 0.339 e. The van der Waals surface area contributed by atoms with Gasteiger partial charge in [0.1, 0.15) is 22.7 Å². The van der Waals surface area contributed by atoms with Crippen molar-refractivity contribution in [2.45, 2.75) is 4.90 Å². The molecule has 0 saturated heterocycles. The number of aromatic hydroxyl groups is 2. The van der Waals surface area contributed by atoms with Crippen LogP contribution in [0.5, 0.6) is 11.5 Å². The van der Waals surface area contributed by atoms with Crippen LogP contribution >= 0.6 is 0 Å². The zero-order chi connectivity index (χ0) is 30.0. The predicted octanol–water partition coefficient (Wildman–Crippen LogP) is 6.90. The number of benzene rings is 5. The third kappa shape index (κ3) is 7.05. The largest absolute Gasteiger partial charge is 0.507 e. The molecule has 0 aliphatic carbocycles. The van der Waals surface area contributed by atoms with Crippen LogP contribution in [0.25, 0.3) is 21.9 Å². The minimum atomic E-state index is -4.53. The molecular weight excluding hydrogens is 585 g/mol. The van der Waals surface area contributed by atoms with Gasteiger partial charge in [0, 0.05) is 35.6 Å². The van der Waals surface area contributed by atoms with Crippen molar-refractivity contribution >= 4 is 84.9 Å². The van der Waals surface area contributed by atoms with Crippen molar-refractivity contribution < 1.29 is 33.1 Å². The molecule has 211 valence electrons. The minimum absolute atomic E-state index is 0. The van der Waals surface area contributed by atoms with Gasteiger partial charge in [0.2, 0.25) is 0 Å². The van der Waals surface area contributed by atoms with E-state index in [1.54, 1.807) is 24.3 Å². The average molecular weight is 607 g/mol. The van der Waals surface area contributed by atoms with Crippen molar-refractivity contribution in [2.24, 2.45) is 20.5 Å². The van der Waals surface area contributed by atoms with Crippen molar-refractivity contribution in [1.82, 2.24) is 0 Å². The number of azo groups is 2. The molecule has 0 aliphatic rings. The number of carboxylic acids is 1. The van der Waals surface area contributed by atoms with Gasteiger partial charge in [0.15, 0.2) is 0 Å². The van der Waals surface area contributed by atoms with Crippen LogP contribution in [-0.2, 0) is 10.1 Å². The Morgan fingerprint density at radius 3 is 1.77 bits per heavy atom. The Morgan fingerprint density at radius 1 is 0.674 bits per heavy atom. The third-order valence-electron chi connectivity index (χ3n) is 6.20. The molecule has 0 aromatic heterocycles. The first-order valence-corrected chi connectivity index (χ1v) is 13.6. The number of nitrogen functional groups attached to an aromatic ring is 1. The summed E-state index contributed by atoms with van der Waals surface area (Å²) >= 11 is 0. The van der Waals surface area contributed by atoms with Crippen molar-refractivity contribution in [1.29, 1.82) is 0 Å². The van der Waals surface area contributed by atoms with Crippen LogP contribution in [-0.4, -0.2) is 63.8 Å². The molecular formula is C29H21N5NaO7S. The van der Waals surface area contributed by atoms with Gasteiger partial charge in [-0.25, -0.2) is 4.79 Å². The van der Waals surface area contributed by atoms with Crippen LogP contribution in [0.2, 0.25) is 0 Å². The summed E-state index contributed by atoms with van der Waals surface area (Å²) in [6.45, 7) is 0. The predicted molar refractivity (Wildman–Crippen MR) is 161 cm³/mol. The summed E-state index contributed by atoms with van der Waals surface area (Å²) in [5.41, 5.74) is 9.21. The summed E-state index contributed by atoms with van der Waals surface area (Å²) in [5.74, 6) is -2.05. The Morgan fingerprint density at radius 2 is 1.21 bits per heavy atom. The zero-order valence-electron chi connectivity index (χ0n) is 22.4. The van der Waals surface area contributed by atoms with E-state index in [9.17, 15) is 28.0 Å². The topological polar surface area (TPSA) is 208 Å².